The zero-order valence-electron chi connectivity index (χ0n) is 31.9. The fourth-order valence-corrected chi connectivity index (χ4v) is 13.6. The molecular formula is C42H73Cl4NO2. The summed E-state index contributed by atoms with van der Waals surface area (Å²) in [6, 6.07) is 2.15. The van der Waals surface area contributed by atoms with Crippen molar-refractivity contribution in [1.29, 1.82) is 0 Å². The quantitative estimate of drug-likeness (QED) is 0.206. The molecule has 5 fully saturated rings. The van der Waals surface area contributed by atoms with E-state index in [0.29, 0.717) is 47.4 Å². The molecule has 0 aromatic rings. The van der Waals surface area contributed by atoms with Gasteiger partial charge in [0, 0.05) is 41.6 Å². The van der Waals surface area contributed by atoms with E-state index in [1.807, 2.05) is 0 Å². The first-order valence-corrected chi connectivity index (χ1v) is 22.8. The topological polar surface area (TPSA) is 43.7 Å². The highest BCUT2D eigenvalue weighted by Crippen LogP contribution is 2.54. The van der Waals surface area contributed by atoms with Crippen LogP contribution in [-0.2, 0) is 0 Å². The third-order valence-corrected chi connectivity index (χ3v) is 18.1. The molecule has 7 atom stereocenters. The minimum Gasteiger partial charge on any atom is -0.392 e. The van der Waals surface area contributed by atoms with E-state index in [-0.39, 0.29) is 46.7 Å². The summed E-state index contributed by atoms with van der Waals surface area (Å²) < 4.78 is 0. The molecule has 5 rings (SSSR count). The Balaban J connectivity index is 1.25. The Labute approximate surface area is 321 Å². The molecular weight excluding hydrogens is 692 g/mol. The van der Waals surface area contributed by atoms with E-state index in [1.54, 1.807) is 0 Å². The van der Waals surface area contributed by atoms with Gasteiger partial charge in [0.05, 0.1) is 12.2 Å². The Hall–Kier alpha value is 1.04. The molecule has 0 amide bonds. The van der Waals surface area contributed by atoms with Crippen molar-refractivity contribution in [3.8, 4) is 0 Å². The van der Waals surface area contributed by atoms with E-state index >= 15 is 0 Å². The van der Waals surface area contributed by atoms with Gasteiger partial charge in [0.2, 0.25) is 0 Å². The van der Waals surface area contributed by atoms with Crippen LogP contribution in [-0.4, -0.2) is 69.0 Å². The van der Waals surface area contributed by atoms with E-state index < -0.39 is 0 Å². The molecule has 49 heavy (non-hydrogen) atoms. The molecule has 7 unspecified atom stereocenters. The zero-order valence-corrected chi connectivity index (χ0v) is 35.0. The van der Waals surface area contributed by atoms with Gasteiger partial charge in [-0.2, -0.15) is 0 Å². The maximum Gasteiger partial charge on any atom is 0.0619 e. The summed E-state index contributed by atoms with van der Waals surface area (Å²) in [5, 5.41) is 21.8. The summed E-state index contributed by atoms with van der Waals surface area (Å²) in [7, 11) is 0. The van der Waals surface area contributed by atoms with Crippen LogP contribution in [0.25, 0.3) is 0 Å². The molecule has 0 aliphatic heterocycles. The van der Waals surface area contributed by atoms with Crippen LogP contribution in [0.3, 0.4) is 0 Å². The highest BCUT2D eigenvalue weighted by molar-refractivity contribution is 6.19. The molecule has 0 aromatic carbocycles. The van der Waals surface area contributed by atoms with Crippen LogP contribution in [0.15, 0.2) is 0 Å². The minimum absolute atomic E-state index is 0.166. The molecule has 7 heteroatoms. The first-order valence-electron chi connectivity index (χ1n) is 20.6. The van der Waals surface area contributed by atoms with Crippen LogP contribution in [0.5, 0.6) is 0 Å². The van der Waals surface area contributed by atoms with E-state index in [4.69, 9.17) is 46.4 Å². The van der Waals surface area contributed by atoms with Gasteiger partial charge in [-0.1, -0.05) is 41.5 Å². The van der Waals surface area contributed by atoms with Gasteiger partial charge in [0.1, 0.15) is 0 Å². The highest BCUT2D eigenvalue weighted by atomic mass is 35.5. The summed E-state index contributed by atoms with van der Waals surface area (Å²) in [6.07, 6.45) is 18.2. The van der Waals surface area contributed by atoms with E-state index in [1.165, 1.54) is 70.6 Å². The fourth-order valence-electron chi connectivity index (χ4n) is 12.4. The lowest BCUT2D eigenvalue weighted by atomic mass is 9.57. The molecule has 0 aromatic heterocycles. The third kappa shape index (κ3) is 8.96. The molecule has 2 N–H and O–H groups in total. The van der Waals surface area contributed by atoms with Crippen LogP contribution in [0.4, 0.5) is 0 Å². The second kappa shape index (κ2) is 17.7. The Morgan fingerprint density at radius 1 is 0.449 bits per heavy atom. The van der Waals surface area contributed by atoms with Gasteiger partial charge in [-0.15, -0.1) is 46.4 Å². The molecule has 286 valence electrons. The number of nitrogens with zero attached hydrogens (tertiary/aromatic N) is 1. The normalized spacial score (nSPS) is 44.6. The van der Waals surface area contributed by atoms with Crippen molar-refractivity contribution in [2.75, 3.05) is 23.5 Å². The summed E-state index contributed by atoms with van der Waals surface area (Å²) in [5.74, 6) is 7.06. The highest BCUT2D eigenvalue weighted by Gasteiger charge is 2.49. The van der Waals surface area contributed by atoms with E-state index in [2.05, 4.69) is 46.4 Å². The number of aliphatic hydroxyl groups is 2. The summed E-state index contributed by atoms with van der Waals surface area (Å²) in [5.41, 5.74) is 0.478. The Kier molecular flexibility index (Phi) is 14.9. The molecule has 5 aliphatic carbocycles. The average Bonchev–Trinajstić information content (AvgIpc) is 3.10. The fraction of sp³-hybridized carbons (Fsp3) is 1.00. The van der Waals surface area contributed by atoms with Crippen molar-refractivity contribution in [3.63, 3.8) is 0 Å². The maximum absolute atomic E-state index is 10.9. The van der Waals surface area contributed by atoms with Crippen molar-refractivity contribution >= 4 is 46.4 Å². The predicted molar refractivity (Wildman–Crippen MR) is 211 cm³/mol. The largest absolute Gasteiger partial charge is 0.392 e. The first-order chi connectivity index (χ1) is 23.3. The summed E-state index contributed by atoms with van der Waals surface area (Å²) >= 11 is 25.6. The lowest BCUT2D eigenvalue weighted by Crippen LogP contribution is -2.55. The molecule has 3 nitrogen and oxygen atoms in total. The van der Waals surface area contributed by atoms with Crippen LogP contribution < -0.4 is 0 Å². The molecule has 0 bridgehead atoms. The smallest absolute Gasteiger partial charge is 0.0619 e. The molecule has 0 radical (unpaired) electrons. The second-order valence-corrected chi connectivity index (χ2v) is 20.7. The SMILES string of the molecule is CC1CCC(N(C2CCC(C(C)(C)C3CC(CCl)C(O)C(CCl)C3)CC2)C2CCC(C(C)(C)C3CC(CCl)C(O)C(CCl)C3)CC2)CC1C. The van der Waals surface area contributed by atoms with Crippen molar-refractivity contribution < 1.29 is 10.2 Å². The maximum atomic E-state index is 10.9. The van der Waals surface area contributed by atoms with Gasteiger partial charge >= 0.3 is 0 Å². The number of rotatable bonds is 11. The monoisotopic (exact) mass is 763 g/mol. The standard InChI is InChI=1S/C42H73Cl4NO2/c1-26-7-12-38(17-27(26)2)47(36-13-8-32(9-14-36)41(3,4)34-18-28(22-43)39(48)29(19-34)23-44)37-15-10-33(11-16-37)42(5,6)35-20-30(24-45)40(49)31(21-35)25-46/h26-40,48-49H,7-25H2,1-6H3. The van der Waals surface area contributed by atoms with Crippen LogP contribution in [0.1, 0.15) is 138 Å². The van der Waals surface area contributed by atoms with Gasteiger partial charge < -0.3 is 10.2 Å². The third-order valence-electron chi connectivity index (χ3n) is 16.5. The van der Waals surface area contributed by atoms with Crippen molar-refractivity contribution in [1.82, 2.24) is 4.90 Å². The minimum atomic E-state index is -0.353. The van der Waals surface area contributed by atoms with Crippen LogP contribution >= 0.6 is 46.4 Å². The lowest BCUT2D eigenvalue weighted by molar-refractivity contribution is -0.0596. The summed E-state index contributed by atoms with van der Waals surface area (Å²) in [6.45, 7) is 15.1. The molecule has 0 spiro atoms. The number of halogens is 4. The zero-order chi connectivity index (χ0) is 35.7. The number of aliphatic hydroxyl groups excluding tert-OH is 2. The van der Waals surface area contributed by atoms with E-state index in [0.717, 1.165) is 55.4 Å². The summed E-state index contributed by atoms with van der Waals surface area (Å²) in [4.78, 5) is 3.14. The van der Waals surface area contributed by atoms with Crippen LogP contribution in [0.2, 0.25) is 0 Å². The van der Waals surface area contributed by atoms with E-state index in [9.17, 15) is 10.2 Å². The average molecular weight is 766 g/mol. The lowest BCUT2D eigenvalue weighted by Gasteiger charge is -2.54. The van der Waals surface area contributed by atoms with Gasteiger partial charge in [-0.25, -0.2) is 0 Å². The Morgan fingerprint density at radius 3 is 1.08 bits per heavy atom. The number of alkyl halides is 4. The number of hydrogen-bond donors (Lipinski definition) is 2. The van der Waals surface area contributed by atoms with Crippen molar-refractivity contribution in [3.05, 3.63) is 0 Å². The predicted octanol–water partition coefficient (Wildman–Crippen LogP) is 11.2. The van der Waals surface area contributed by atoms with Gasteiger partial charge in [0.25, 0.3) is 0 Å². The molecule has 5 aliphatic rings. The first kappa shape index (κ1) is 41.2. The molecule has 0 saturated heterocycles. The number of hydrogen-bond acceptors (Lipinski definition) is 3. The molecule has 0 heterocycles. The van der Waals surface area contributed by atoms with Crippen molar-refractivity contribution in [2.45, 2.75) is 168 Å². The van der Waals surface area contributed by atoms with Crippen LogP contribution in [0, 0.1) is 70.0 Å². The Morgan fingerprint density at radius 2 is 0.776 bits per heavy atom. The molecule has 5 saturated carbocycles. The van der Waals surface area contributed by atoms with Gasteiger partial charge in [0.15, 0.2) is 0 Å². The Bertz CT molecular complexity index is 917. The second-order valence-electron chi connectivity index (χ2n) is 19.5. The van der Waals surface area contributed by atoms with Gasteiger partial charge in [-0.3, -0.25) is 4.90 Å². The van der Waals surface area contributed by atoms with Crippen molar-refractivity contribution in [2.24, 2.45) is 70.0 Å². The van der Waals surface area contributed by atoms with Gasteiger partial charge in [-0.05, 0) is 166 Å².